The molecule has 1 heterocycles. The molecule has 0 aliphatic carbocycles. The van der Waals surface area contributed by atoms with Crippen LogP contribution in [0.25, 0.3) is 0 Å². The molecule has 2 N–H and O–H groups in total. The van der Waals surface area contributed by atoms with Gasteiger partial charge in [-0.3, -0.25) is 4.72 Å². The van der Waals surface area contributed by atoms with Crippen LogP contribution in [0.2, 0.25) is 10.0 Å². The van der Waals surface area contributed by atoms with Crippen LogP contribution < -0.4 is 10.0 Å². The molecule has 8 heteroatoms. The minimum atomic E-state index is -3.86. The Morgan fingerprint density at radius 1 is 1.19 bits per heavy atom. The first kappa shape index (κ1) is 16.0. The predicted molar refractivity (Wildman–Crippen MR) is 84.3 cm³/mol. The maximum atomic E-state index is 12.4. The Kier molecular flexibility index (Phi) is 5.05. The third-order valence-electron chi connectivity index (χ3n) is 2.66. The zero-order chi connectivity index (χ0) is 15.5. The summed E-state index contributed by atoms with van der Waals surface area (Å²) in [5.41, 5.74) is 0.800. The predicted octanol–water partition coefficient (Wildman–Crippen LogP) is 2.91. The third kappa shape index (κ3) is 3.85. The van der Waals surface area contributed by atoms with Crippen molar-refractivity contribution >= 4 is 39.0 Å². The van der Waals surface area contributed by atoms with Crippen LogP contribution in [0, 0.1) is 0 Å². The largest absolute Gasteiger partial charge is 0.316 e. The fraction of sp³-hybridized carbons (Fsp3) is 0.154. The molecule has 1 aromatic heterocycles. The minimum Gasteiger partial charge on any atom is -0.316 e. The molecule has 0 fully saturated rings. The SMILES string of the molecule is CNCc1ccc(Cl)c(S(=O)(=O)Nc2ncccc2Cl)c1. The molecule has 0 atom stereocenters. The van der Waals surface area contributed by atoms with E-state index < -0.39 is 10.0 Å². The molecule has 0 saturated heterocycles. The van der Waals surface area contributed by atoms with Gasteiger partial charge in [0, 0.05) is 12.7 Å². The lowest BCUT2D eigenvalue weighted by Crippen LogP contribution is -2.15. The van der Waals surface area contributed by atoms with E-state index in [1.54, 1.807) is 31.3 Å². The quantitative estimate of drug-likeness (QED) is 0.873. The normalized spacial score (nSPS) is 11.4. The fourth-order valence-corrected chi connectivity index (χ4v) is 3.52. The number of halogens is 2. The number of pyridine rings is 1. The van der Waals surface area contributed by atoms with Crippen LogP contribution in [0.1, 0.15) is 5.56 Å². The highest BCUT2D eigenvalue weighted by Gasteiger charge is 2.20. The molecule has 5 nitrogen and oxygen atoms in total. The number of hydrogen-bond acceptors (Lipinski definition) is 4. The summed E-state index contributed by atoms with van der Waals surface area (Å²) in [6.07, 6.45) is 1.45. The van der Waals surface area contributed by atoms with Gasteiger partial charge in [0.2, 0.25) is 0 Å². The van der Waals surface area contributed by atoms with E-state index in [0.717, 1.165) is 5.56 Å². The molecule has 2 rings (SSSR count). The molecule has 2 aromatic rings. The van der Waals surface area contributed by atoms with Crippen molar-refractivity contribution in [2.45, 2.75) is 11.4 Å². The third-order valence-corrected chi connectivity index (χ3v) is 4.78. The molecule has 0 amide bonds. The van der Waals surface area contributed by atoms with E-state index in [1.807, 2.05) is 0 Å². The van der Waals surface area contributed by atoms with Crippen molar-refractivity contribution in [3.63, 3.8) is 0 Å². The van der Waals surface area contributed by atoms with Crippen molar-refractivity contribution in [2.24, 2.45) is 0 Å². The van der Waals surface area contributed by atoms with Gasteiger partial charge in [0.1, 0.15) is 4.90 Å². The maximum absolute atomic E-state index is 12.4. The topological polar surface area (TPSA) is 71.1 Å². The van der Waals surface area contributed by atoms with Gasteiger partial charge in [-0.1, -0.05) is 29.3 Å². The summed E-state index contributed by atoms with van der Waals surface area (Å²) in [5.74, 6) is 0.0641. The highest BCUT2D eigenvalue weighted by atomic mass is 35.5. The number of sulfonamides is 1. The zero-order valence-corrected chi connectivity index (χ0v) is 13.4. The van der Waals surface area contributed by atoms with Crippen LogP contribution in [-0.4, -0.2) is 20.4 Å². The van der Waals surface area contributed by atoms with E-state index in [4.69, 9.17) is 23.2 Å². The smallest absolute Gasteiger partial charge is 0.264 e. The summed E-state index contributed by atoms with van der Waals surface area (Å²) in [7, 11) is -2.09. The number of aromatic nitrogens is 1. The van der Waals surface area contributed by atoms with E-state index in [0.29, 0.717) is 6.54 Å². The van der Waals surface area contributed by atoms with Crippen molar-refractivity contribution in [1.82, 2.24) is 10.3 Å². The second kappa shape index (κ2) is 6.62. The molecular weight excluding hydrogens is 333 g/mol. The first-order chi connectivity index (χ1) is 9.94. The molecule has 0 saturated carbocycles. The van der Waals surface area contributed by atoms with Crippen LogP contribution in [0.3, 0.4) is 0 Å². The van der Waals surface area contributed by atoms with E-state index in [9.17, 15) is 8.42 Å². The first-order valence-corrected chi connectivity index (χ1v) is 8.24. The summed E-state index contributed by atoms with van der Waals surface area (Å²) >= 11 is 11.9. The van der Waals surface area contributed by atoms with Crippen LogP contribution in [0.5, 0.6) is 0 Å². The van der Waals surface area contributed by atoms with E-state index in [2.05, 4.69) is 15.0 Å². The second-order valence-corrected chi connectivity index (χ2v) is 6.70. The van der Waals surface area contributed by atoms with Gasteiger partial charge in [-0.2, -0.15) is 0 Å². The lowest BCUT2D eigenvalue weighted by atomic mass is 10.2. The van der Waals surface area contributed by atoms with Gasteiger partial charge in [-0.05, 0) is 36.9 Å². The molecule has 21 heavy (non-hydrogen) atoms. The number of hydrogen-bond donors (Lipinski definition) is 2. The van der Waals surface area contributed by atoms with Crippen molar-refractivity contribution in [2.75, 3.05) is 11.8 Å². The molecule has 0 aliphatic rings. The van der Waals surface area contributed by atoms with Gasteiger partial charge in [0.25, 0.3) is 10.0 Å². The van der Waals surface area contributed by atoms with Crippen molar-refractivity contribution in [1.29, 1.82) is 0 Å². The Hall–Kier alpha value is -1.34. The Labute approximate surface area is 133 Å². The molecule has 112 valence electrons. The van der Waals surface area contributed by atoms with Crippen molar-refractivity contribution in [3.8, 4) is 0 Å². The molecule has 0 aliphatic heterocycles. The zero-order valence-electron chi connectivity index (χ0n) is 11.1. The molecule has 0 radical (unpaired) electrons. The van der Waals surface area contributed by atoms with Crippen molar-refractivity contribution in [3.05, 3.63) is 52.1 Å². The minimum absolute atomic E-state index is 0.0152. The van der Waals surface area contributed by atoms with Gasteiger partial charge >= 0.3 is 0 Å². The number of benzene rings is 1. The van der Waals surface area contributed by atoms with E-state index >= 15 is 0 Å². The van der Waals surface area contributed by atoms with Gasteiger partial charge in [-0.15, -0.1) is 0 Å². The van der Waals surface area contributed by atoms with Crippen LogP contribution in [-0.2, 0) is 16.6 Å². The van der Waals surface area contributed by atoms with E-state index in [-0.39, 0.29) is 20.8 Å². The molecule has 0 spiro atoms. The highest BCUT2D eigenvalue weighted by Crippen LogP contribution is 2.26. The Balaban J connectivity index is 2.40. The van der Waals surface area contributed by atoms with Gasteiger partial charge < -0.3 is 5.32 Å². The van der Waals surface area contributed by atoms with Gasteiger partial charge in [0.05, 0.1) is 10.0 Å². The average Bonchev–Trinajstić information content (AvgIpc) is 2.43. The summed E-state index contributed by atoms with van der Waals surface area (Å²) in [4.78, 5) is 3.88. The standard InChI is InChI=1S/C13H13Cl2N3O2S/c1-16-8-9-4-5-10(14)12(7-9)21(19,20)18-13-11(15)3-2-6-17-13/h2-7,16H,8H2,1H3,(H,17,18). The number of nitrogens with zero attached hydrogens (tertiary/aromatic N) is 1. The number of anilines is 1. The number of rotatable bonds is 5. The van der Waals surface area contributed by atoms with E-state index in [1.165, 1.54) is 12.3 Å². The number of nitrogens with one attached hydrogen (secondary N) is 2. The molecule has 0 unspecified atom stereocenters. The van der Waals surface area contributed by atoms with Crippen LogP contribution in [0.4, 0.5) is 5.82 Å². The first-order valence-electron chi connectivity index (χ1n) is 6.00. The lowest BCUT2D eigenvalue weighted by molar-refractivity contribution is 0.601. The Morgan fingerprint density at radius 2 is 1.95 bits per heavy atom. The molecule has 1 aromatic carbocycles. The monoisotopic (exact) mass is 345 g/mol. The maximum Gasteiger partial charge on any atom is 0.264 e. The summed E-state index contributed by atoms with van der Waals surface area (Å²) in [5, 5.41) is 3.29. The van der Waals surface area contributed by atoms with Crippen molar-refractivity contribution < 1.29 is 8.42 Å². The summed E-state index contributed by atoms with van der Waals surface area (Å²) in [6, 6.07) is 7.97. The van der Waals surface area contributed by atoms with Crippen LogP contribution >= 0.6 is 23.2 Å². The lowest BCUT2D eigenvalue weighted by Gasteiger charge is -2.11. The van der Waals surface area contributed by atoms with Crippen LogP contribution in [0.15, 0.2) is 41.4 Å². The highest BCUT2D eigenvalue weighted by molar-refractivity contribution is 7.92. The summed E-state index contributed by atoms with van der Waals surface area (Å²) in [6.45, 7) is 0.532. The molecule has 0 bridgehead atoms. The Morgan fingerprint density at radius 3 is 2.62 bits per heavy atom. The fourth-order valence-electron chi connectivity index (χ4n) is 1.71. The van der Waals surface area contributed by atoms with Gasteiger partial charge in [-0.25, -0.2) is 13.4 Å². The van der Waals surface area contributed by atoms with Gasteiger partial charge in [0.15, 0.2) is 5.82 Å². The molecular formula is C13H13Cl2N3O2S. The Bertz CT molecular complexity index is 751. The second-order valence-electron chi connectivity index (χ2n) is 4.23. The summed E-state index contributed by atoms with van der Waals surface area (Å²) < 4.78 is 27.2. The average molecular weight is 346 g/mol.